The molecule has 1 aliphatic heterocycles. The van der Waals surface area contributed by atoms with Crippen molar-refractivity contribution in [2.75, 3.05) is 30.4 Å². The van der Waals surface area contributed by atoms with E-state index in [-0.39, 0.29) is 12.1 Å². The fourth-order valence-electron chi connectivity index (χ4n) is 4.16. The average Bonchev–Trinajstić information content (AvgIpc) is 3.19. The van der Waals surface area contributed by atoms with Crippen LogP contribution in [-0.4, -0.2) is 57.7 Å². The molecule has 0 saturated carbocycles. The molecule has 0 aromatic carbocycles. The minimum absolute atomic E-state index is 0.0643. The highest BCUT2D eigenvalue weighted by atomic mass is 79.9. The number of anilines is 2. The lowest BCUT2D eigenvalue weighted by molar-refractivity contribution is 0.0210. The lowest BCUT2D eigenvalue weighted by Crippen LogP contribution is -2.50. The van der Waals surface area contributed by atoms with E-state index in [1.54, 1.807) is 11.1 Å². The molecule has 0 spiro atoms. The Morgan fingerprint density at radius 1 is 1.39 bits per heavy atom. The van der Waals surface area contributed by atoms with E-state index in [9.17, 15) is 4.79 Å². The van der Waals surface area contributed by atoms with Gasteiger partial charge in [-0.1, -0.05) is 6.07 Å². The summed E-state index contributed by atoms with van der Waals surface area (Å²) in [6.45, 7) is 7.97. The zero-order valence-electron chi connectivity index (χ0n) is 19.6. The van der Waals surface area contributed by atoms with Crippen LogP contribution in [0, 0.1) is 0 Å². The van der Waals surface area contributed by atoms with E-state index in [0.717, 1.165) is 58.4 Å². The molecule has 1 fully saturated rings. The highest BCUT2D eigenvalue weighted by Crippen LogP contribution is 2.39. The first-order valence-electron chi connectivity index (χ1n) is 11.2. The largest absolute Gasteiger partial charge is 0.444 e. The van der Waals surface area contributed by atoms with Crippen LogP contribution in [-0.2, 0) is 11.3 Å². The standard InChI is InChI=1S/C24H31BrN6O2/c1-24(2,3)33-23(32)30(4)17-8-6-10-31(15-17)21-18(25)13-28-22-20(21)19(14-29-22)27-12-16-7-5-9-26-11-16/h5,7,9,11,13-14,17,27H,6,8,10,12,15H2,1-4H3,(H,28,29)/t17-/m1/s1. The van der Waals surface area contributed by atoms with Crippen LogP contribution in [0.15, 0.2) is 41.4 Å². The number of aromatic nitrogens is 3. The molecule has 1 amide bonds. The number of carbonyl (C=O) groups excluding carboxylic acids is 1. The van der Waals surface area contributed by atoms with Crippen molar-refractivity contribution < 1.29 is 9.53 Å². The predicted octanol–water partition coefficient (Wildman–Crippen LogP) is 5.17. The molecule has 8 nitrogen and oxygen atoms in total. The second-order valence-corrected chi connectivity index (χ2v) is 10.3. The average molecular weight is 515 g/mol. The van der Waals surface area contributed by atoms with Crippen LogP contribution < -0.4 is 10.2 Å². The summed E-state index contributed by atoms with van der Waals surface area (Å²) in [5.74, 6) is 0. The third kappa shape index (κ3) is 5.40. The fourth-order valence-corrected chi connectivity index (χ4v) is 4.71. The molecule has 4 rings (SSSR count). The fraction of sp³-hybridized carbons (Fsp3) is 0.458. The monoisotopic (exact) mass is 514 g/mol. The predicted molar refractivity (Wildman–Crippen MR) is 135 cm³/mol. The molecule has 0 radical (unpaired) electrons. The summed E-state index contributed by atoms with van der Waals surface area (Å²) in [6.07, 6.45) is 9.06. The number of fused-ring (bicyclic) bond motifs is 1. The molecule has 0 unspecified atom stereocenters. The Balaban J connectivity index is 1.58. The van der Waals surface area contributed by atoms with Crippen LogP contribution in [0.25, 0.3) is 11.0 Å². The van der Waals surface area contributed by atoms with Crippen molar-refractivity contribution >= 4 is 44.4 Å². The maximum atomic E-state index is 12.7. The molecule has 9 heteroatoms. The molecule has 1 saturated heterocycles. The molecular weight excluding hydrogens is 484 g/mol. The zero-order chi connectivity index (χ0) is 23.6. The number of piperidine rings is 1. The van der Waals surface area contributed by atoms with E-state index in [4.69, 9.17) is 4.74 Å². The molecular formula is C24H31BrN6O2. The number of rotatable bonds is 5. The summed E-state index contributed by atoms with van der Waals surface area (Å²) in [7, 11) is 1.83. The quantitative estimate of drug-likeness (QED) is 0.488. The second-order valence-electron chi connectivity index (χ2n) is 9.43. The number of ether oxygens (including phenoxy) is 1. The Morgan fingerprint density at radius 2 is 2.21 bits per heavy atom. The van der Waals surface area contributed by atoms with Gasteiger partial charge in [0.15, 0.2) is 0 Å². The maximum absolute atomic E-state index is 12.7. The van der Waals surface area contributed by atoms with Gasteiger partial charge in [0.2, 0.25) is 0 Å². The topological polar surface area (TPSA) is 86.4 Å². The van der Waals surface area contributed by atoms with Crippen molar-refractivity contribution in [1.82, 2.24) is 19.9 Å². The van der Waals surface area contributed by atoms with Gasteiger partial charge in [0.05, 0.1) is 27.3 Å². The van der Waals surface area contributed by atoms with Crippen LogP contribution in [0.3, 0.4) is 0 Å². The number of pyridine rings is 2. The highest BCUT2D eigenvalue weighted by Gasteiger charge is 2.31. The zero-order valence-corrected chi connectivity index (χ0v) is 21.1. The molecule has 2 N–H and O–H groups in total. The SMILES string of the molecule is CN(C(=O)OC(C)(C)C)[C@@H]1CCCN(c2c(Br)cnc3[nH]cc(NCc4cccnc4)c23)C1. The highest BCUT2D eigenvalue weighted by molar-refractivity contribution is 9.10. The number of amides is 1. The number of H-pyrrole nitrogens is 1. The van der Waals surface area contributed by atoms with Crippen LogP contribution >= 0.6 is 15.9 Å². The van der Waals surface area contributed by atoms with Crippen LogP contribution in [0.2, 0.25) is 0 Å². The number of likely N-dealkylation sites (N-methyl/N-ethyl adjacent to an activating group) is 1. The molecule has 1 atom stereocenters. The van der Waals surface area contributed by atoms with E-state index < -0.39 is 5.60 Å². The van der Waals surface area contributed by atoms with Gasteiger partial charge in [-0.05, 0) is 61.2 Å². The smallest absolute Gasteiger partial charge is 0.410 e. The maximum Gasteiger partial charge on any atom is 0.410 e. The van der Waals surface area contributed by atoms with Gasteiger partial charge in [-0.3, -0.25) is 4.98 Å². The van der Waals surface area contributed by atoms with E-state index in [1.807, 2.05) is 58.5 Å². The molecule has 3 aromatic rings. The van der Waals surface area contributed by atoms with Crippen LogP contribution in [0.1, 0.15) is 39.2 Å². The summed E-state index contributed by atoms with van der Waals surface area (Å²) < 4.78 is 6.53. The first-order valence-corrected chi connectivity index (χ1v) is 12.0. The molecule has 3 aromatic heterocycles. The number of aromatic amines is 1. The van der Waals surface area contributed by atoms with Gasteiger partial charge in [-0.25, -0.2) is 9.78 Å². The van der Waals surface area contributed by atoms with E-state index in [1.165, 1.54) is 0 Å². The van der Waals surface area contributed by atoms with E-state index in [0.29, 0.717) is 6.54 Å². The van der Waals surface area contributed by atoms with E-state index >= 15 is 0 Å². The normalized spacial score (nSPS) is 16.6. The first-order chi connectivity index (χ1) is 15.7. The molecule has 1 aliphatic rings. The van der Waals surface area contributed by atoms with Crippen molar-refractivity contribution in [3.05, 3.63) is 47.0 Å². The first kappa shape index (κ1) is 23.4. The number of hydrogen-bond acceptors (Lipinski definition) is 6. The summed E-state index contributed by atoms with van der Waals surface area (Å²) >= 11 is 3.73. The number of hydrogen-bond donors (Lipinski definition) is 2. The minimum atomic E-state index is -0.514. The number of nitrogens with one attached hydrogen (secondary N) is 2. The molecule has 0 aliphatic carbocycles. The Morgan fingerprint density at radius 3 is 2.94 bits per heavy atom. The third-order valence-electron chi connectivity index (χ3n) is 5.78. The molecule has 176 valence electrons. The van der Waals surface area contributed by atoms with Gasteiger partial charge >= 0.3 is 6.09 Å². The van der Waals surface area contributed by atoms with Gasteiger partial charge in [-0.15, -0.1) is 0 Å². The molecule has 0 bridgehead atoms. The minimum Gasteiger partial charge on any atom is -0.444 e. The van der Waals surface area contributed by atoms with Gasteiger partial charge in [0.25, 0.3) is 0 Å². The third-order valence-corrected chi connectivity index (χ3v) is 6.36. The van der Waals surface area contributed by atoms with Gasteiger partial charge < -0.3 is 24.8 Å². The van der Waals surface area contributed by atoms with Crippen molar-refractivity contribution in [3.63, 3.8) is 0 Å². The van der Waals surface area contributed by atoms with Crippen molar-refractivity contribution in [2.24, 2.45) is 0 Å². The van der Waals surface area contributed by atoms with E-state index in [2.05, 4.69) is 41.1 Å². The lowest BCUT2D eigenvalue weighted by Gasteiger charge is -2.39. The van der Waals surface area contributed by atoms with Gasteiger partial charge in [0, 0.05) is 51.5 Å². The number of halogens is 1. The molecule has 33 heavy (non-hydrogen) atoms. The van der Waals surface area contributed by atoms with Gasteiger partial charge in [-0.2, -0.15) is 0 Å². The molecule has 4 heterocycles. The van der Waals surface area contributed by atoms with Crippen LogP contribution in [0.5, 0.6) is 0 Å². The lowest BCUT2D eigenvalue weighted by atomic mass is 10.0. The van der Waals surface area contributed by atoms with Crippen molar-refractivity contribution in [2.45, 2.75) is 51.8 Å². The Hall–Kier alpha value is -2.81. The summed E-state index contributed by atoms with van der Waals surface area (Å²) in [5.41, 5.74) is 3.48. The summed E-state index contributed by atoms with van der Waals surface area (Å²) in [4.78, 5) is 28.8. The second kappa shape index (κ2) is 9.59. The van der Waals surface area contributed by atoms with Gasteiger partial charge in [0.1, 0.15) is 11.2 Å². The Labute approximate surface area is 202 Å². The number of nitrogens with zero attached hydrogens (tertiary/aromatic N) is 4. The Kier molecular flexibility index (Phi) is 6.78. The van der Waals surface area contributed by atoms with Crippen LogP contribution in [0.4, 0.5) is 16.2 Å². The number of carbonyl (C=O) groups is 1. The van der Waals surface area contributed by atoms with Crippen molar-refractivity contribution in [3.8, 4) is 0 Å². The summed E-state index contributed by atoms with van der Waals surface area (Å²) in [5, 5.41) is 4.56. The summed E-state index contributed by atoms with van der Waals surface area (Å²) in [6, 6.07) is 4.05. The Bertz CT molecular complexity index is 1110. The van der Waals surface area contributed by atoms with Crippen molar-refractivity contribution in [1.29, 1.82) is 0 Å².